The second kappa shape index (κ2) is 4.78. The van der Waals surface area contributed by atoms with Crippen LogP contribution in [0.5, 0.6) is 0 Å². The molecule has 2 aromatic heterocycles. The summed E-state index contributed by atoms with van der Waals surface area (Å²) in [6, 6.07) is 0. The maximum Gasteiger partial charge on any atom is 0.262 e. The quantitative estimate of drug-likeness (QED) is 0.826. The first-order valence-corrected chi connectivity index (χ1v) is 7.92. The van der Waals surface area contributed by atoms with E-state index in [1.807, 2.05) is 0 Å². The Bertz CT molecular complexity index is 779. The molecule has 21 heavy (non-hydrogen) atoms. The number of aryl methyl sites for hydroxylation is 2. The zero-order chi connectivity index (χ0) is 15.2. The van der Waals surface area contributed by atoms with E-state index in [2.05, 4.69) is 15.0 Å². The molecule has 0 amide bonds. The third-order valence-electron chi connectivity index (χ3n) is 3.70. The molecule has 112 valence electrons. The average Bonchev–Trinajstić information content (AvgIpc) is 2.79. The van der Waals surface area contributed by atoms with E-state index in [1.165, 1.54) is 16.8 Å². The van der Waals surface area contributed by atoms with E-state index in [1.54, 1.807) is 18.5 Å². The molecule has 8 nitrogen and oxygen atoms in total. The monoisotopic (exact) mass is 308 g/mol. The molecule has 2 N–H and O–H groups in total. The minimum absolute atomic E-state index is 0.0629. The van der Waals surface area contributed by atoms with Crippen LogP contribution in [-0.4, -0.2) is 38.8 Å². The van der Waals surface area contributed by atoms with Gasteiger partial charge in [0.1, 0.15) is 18.0 Å². The van der Waals surface area contributed by atoms with Gasteiger partial charge in [-0.25, -0.2) is 23.4 Å². The van der Waals surface area contributed by atoms with Crippen LogP contribution in [0.1, 0.15) is 17.1 Å². The number of hydrogen-bond donors (Lipinski definition) is 1. The van der Waals surface area contributed by atoms with E-state index < -0.39 is 10.0 Å². The summed E-state index contributed by atoms with van der Waals surface area (Å²) in [6.07, 6.45) is 3.39. The van der Waals surface area contributed by atoms with Gasteiger partial charge >= 0.3 is 0 Å². The second-order valence-electron chi connectivity index (χ2n) is 5.01. The zero-order valence-electron chi connectivity index (χ0n) is 11.8. The number of sulfonamides is 1. The van der Waals surface area contributed by atoms with Gasteiger partial charge in [-0.05, 0) is 13.3 Å². The third kappa shape index (κ3) is 2.28. The highest BCUT2D eigenvalue weighted by molar-refractivity contribution is 7.89. The van der Waals surface area contributed by atoms with E-state index in [0.29, 0.717) is 30.3 Å². The fourth-order valence-electron chi connectivity index (χ4n) is 2.34. The normalized spacial score (nSPS) is 15.9. The van der Waals surface area contributed by atoms with E-state index >= 15 is 0 Å². The van der Waals surface area contributed by atoms with Gasteiger partial charge in [-0.3, -0.25) is 0 Å². The van der Waals surface area contributed by atoms with Crippen molar-refractivity contribution in [1.82, 2.24) is 23.8 Å². The van der Waals surface area contributed by atoms with Gasteiger partial charge in [0.05, 0.1) is 12.2 Å². The van der Waals surface area contributed by atoms with Gasteiger partial charge < -0.3 is 10.3 Å². The second-order valence-corrected chi connectivity index (χ2v) is 6.89. The first-order chi connectivity index (χ1) is 9.89. The molecule has 0 bridgehead atoms. The Labute approximate surface area is 122 Å². The molecule has 0 fully saturated rings. The Morgan fingerprint density at radius 1 is 1.33 bits per heavy atom. The van der Waals surface area contributed by atoms with Crippen LogP contribution in [-0.2, 0) is 30.0 Å². The van der Waals surface area contributed by atoms with Crippen LogP contribution in [0.3, 0.4) is 0 Å². The molecule has 0 aromatic carbocycles. The smallest absolute Gasteiger partial charge is 0.262 e. The molecule has 2 aromatic rings. The topological polar surface area (TPSA) is 107 Å². The summed E-state index contributed by atoms with van der Waals surface area (Å²) in [5, 5.41) is 0.0629. The standard InChI is InChI=1S/C12H16N6O2S/c1-8-16-11(6-17(8)2)21(19,20)18-4-3-9-10(5-18)14-7-15-12(9)13/h6-7H,3-5H2,1-2H3,(H2,13,14,15). The highest BCUT2D eigenvalue weighted by atomic mass is 32.2. The Balaban J connectivity index is 1.95. The summed E-state index contributed by atoms with van der Waals surface area (Å²) in [5.74, 6) is 1.07. The summed E-state index contributed by atoms with van der Waals surface area (Å²) in [6.45, 7) is 2.31. The van der Waals surface area contributed by atoms with E-state index in [-0.39, 0.29) is 11.6 Å². The SMILES string of the molecule is Cc1nc(S(=O)(=O)N2CCc3c(N)ncnc3C2)cn1C. The predicted molar refractivity (Wildman–Crippen MR) is 75.7 cm³/mol. The summed E-state index contributed by atoms with van der Waals surface area (Å²) < 4.78 is 28.3. The largest absolute Gasteiger partial charge is 0.383 e. The van der Waals surface area contributed by atoms with Crippen molar-refractivity contribution in [1.29, 1.82) is 0 Å². The lowest BCUT2D eigenvalue weighted by Crippen LogP contribution is -2.37. The molecule has 0 spiro atoms. The Morgan fingerprint density at radius 3 is 2.76 bits per heavy atom. The number of rotatable bonds is 2. The van der Waals surface area contributed by atoms with Crippen molar-refractivity contribution in [3.05, 3.63) is 29.6 Å². The lowest BCUT2D eigenvalue weighted by atomic mass is 10.1. The minimum Gasteiger partial charge on any atom is -0.383 e. The Hall–Kier alpha value is -2.00. The molecule has 1 aliphatic heterocycles. The summed E-state index contributed by atoms with van der Waals surface area (Å²) in [7, 11) is -1.85. The maximum absolute atomic E-state index is 12.6. The highest BCUT2D eigenvalue weighted by Crippen LogP contribution is 2.25. The molecule has 0 radical (unpaired) electrons. The number of hydrogen-bond acceptors (Lipinski definition) is 6. The van der Waals surface area contributed by atoms with Gasteiger partial charge in [-0.15, -0.1) is 0 Å². The van der Waals surface area contributed by atoms with Crippen molar-refractivity contribution in [3.8, 4) is 0 Å². The summed E-state index contributed by atoms with van der Waals surface area (Å²) >= 11 is 0. The molecule has 3 rings (SSSR count). The average molecular weight is 308 g/mol. The summed E-state index contributed by atoms with van der Waals surface area (Å²) in [5.41, 5.74) is 7.29. The first kappa shape index (κ1) is 14.0. The summed E-state index contributed by atoms with van der Waals surface area (Å²) in [4.78, 5) is 12.2. The molecular formula is C12H16N6O2S. The lowest BCUT2D eigenvalue weighted by Gasteiger charge is -2.26. The van der Waals surface area contributed by atoms with Crippen LogP contribution in [0.4, 0.5) is 5.82 Å². The number of fused-ring (bicyclic) bond motifs is 1. The van der Waals surface area contributed by atoms with Crippen LogP contribution in [0.25, 0.3) is 0 Å². The van der Waals surface area contributed by atoms with Gasteiger partial charge in [0.15, 0.2) is 5.03 Å². The lowest BCUT2D eigenvalue weighted by molar-refractivity contribution is 0.383. The van der Waals surface area contributed by atoms with Crippen molar-refractivity contribution in [2.24, 2.45) is 7.05 Å². The number of nitrogens with two attached hydrogens (primary N) is 1. The molecule has 0 saturated heterocycles. The Kier molecular flexibility index (Phi) is 3.18. The molecule has 0 aliphatic carbocycles. The minimum atomic E-state index is -3.62. The molecular weight excluding hydrogens is 292 g/mol. The van der Waals surface area contributed by atoms with Gasteiger partial charge in [0, 0.05) is 25.4 Å². The van der Waals surface area contributed by atoms with Gasteiger partial charge in [-0.2, -0.15) is 4.31 Å². The Morgan fingerprint density at radius 2 is 2.10 bits per heavy atom. The van der Waals surface area contributed by atoms with Crippen molar-refractivity contribution in [2.75, 3.05) is 12.3 Å². The van der Waals surface area contributed by atoms with Crippen LogP contribution in [0.15, 0.2) is 17.6 Å². The van der Waals surface area contributed by atoms with Crippen LogP contribution in [0, 0.1) is 6.92 Å². The first-order valence-electron chi connectivity index (χ1n) is 6.48. The fourth-order valence-corrected chi connectivity index (χ4v) is 3.77. The highest BCUT2D eigenvalue weighted by Gasteiger charge is 2.31. The van der Waals surface area contributed by atoms with Crippen molar-refractivity contribution < 1.29 is 8.42 Å². The fraction of sp³-hybridized carbons (Fsp3) is 0.417. The van der Waals surface area contributed by atoms with E-state index in [4.69, 9.17) is 5.73 Å². The van der Waals surface area contributed by atoms with Gasteiger partial charge in [-0.1, -0.05) is 0 Å². The van der Waals surface area contributed by atoms with Crippen LogP contribution >= 0.6 is 0 Å². The number of imidazole rings is 1. The molecule has 1 aliphatic rings. The van der Waals surface area contributed by atoms with E-state index in [9.17, 15) is 8.42 Å². The predicted octanol–water partition coefficient (Wildman–Crippen LogP) is -0.152. The molecule has 3 heterocycles. The number of nitrogens with zero attached hydrogens (tertiary/aromatic N) is 5. The number of anilines is 1. The number of aromatic nitrogens is 4. The number of nitrogen functional groups attached to an aromatic ring is 1. The van der Waals surface area contributed by atoms with Gasteiger partial charge in [0.25, 0.3) is 10.0 Å². The van der Waals surface area contributed by atoms with Crippen LogP contribution in [0.2, 0.25) is 0 Å². The zero-order valence-corrected chi connectivity index (χ0v) is 12.6. The van der Waals surface area contributed by atoms with Crippen molar-refractivity contribution >= 4 is 15.8 Å². The molecule has 0 saturated carbocycles. The molecule has 9 heteroatoms. The van der Waals surface area contributed by atoms with Crippen LogP contribution < -0.4 is 5.73 Å². The van der Waals surface area contributed by atoms with Crippen molar-refractivity contribution in [2.45, 2.75) is 24.9 Å². The van der Waals surface area contributed by atoms with Gasteiger partial charge in [0.2, 0.25) is 0 Å². The van der Waals surface area contributed by atoms with E-state index in [0.717, 1.165) is 5.56 Å². The van der Waals surface area contributed by atoms with Crippen molar-refractivity contribution in [3.63, 3.8) is 0 Å². The molecule has 0 unspecified atom stereocenters. The molecule has 0 atom stereocenters. The maximum atomic E-state index is 12.6. The third-order valence-corrected chi connectivity index (χ3v) is 5.41.